The Labute approximate surface area is 68.3 Å². The smallest absolute Gasteiger partial charge is 0.178 e. The Morgan fingerprint density at radius 2 is 2.40 bits per heavy atom. The van der Waals surface area contributed by atoms with Crippen molar-refractivity contribution < 1.29 is 0 Å². The highest BCUT2D eigenvalue weighted by Gasteiger charge is 2.03. The summed E-state index contributed by atoms with van der Waals surface area (Å²) in [6, 6.07) is 0.176. The van der Waals surface area contributed by atoms with Crippen LogP contribution in [0.3, 0.4) is 0 Å². The summed E-state index contributed by atoms with van der Waals surface area (Å²) < 4.78 is 0. The zero-order chi connectivity index (χ0) is 7.98. The van der Waals surface area contributed by atoms with Crippen LogP contribution in [0.2, 0.25) is 0 Å². The minimum absolute atomic E-state index is 0.176. The molecule has 0 heterocycles. The molecule has 0 saturated carbocycles. The van der Waals surface area contributed by atoms with Gasteiger partial charge in [-0.2, -0.15) is 0 Å². The largest absolute Gasteiger partial charge is 0.359 e. The van der Waals surface area contributed by atoms with E-state index in [1.54, 1.807) is 11.8 Å². The summed E-state index contributed by atoms with van der Waals surface area (Å²) in [6.45, 7) is 4.83. The second-order valence-corrected chi connectivity index (χ2v) is 2.73. The van der Waals surface area contributed by atoms with Gasteiger partial charge >= 0.3 is 0 Å². The molecule has 2 radical (unpaired) electrons. The number of thioether (sulfide) groups is 1. The first-order valence-electron chi connectivity index (χ1n) is 3.30. The molecule has 2 nitrogen and oxygen atoms in total. The summed E-state index contributed by atoms with van der Waals surface area (Å²) in [5.74, 6) is 0. The van der Waals surface area contributed by atoms with Crippen molar-refractivity contribution in [2.24, 2.45) is 4.99 Å². The predicted octanol–water partition coefficient (Wildman–Crippen LogP) is 0.829. The predicted molar refractivity (Wildman–Crippen MR) is 49.8 cm³/mol. The molecule has 0 bridgehead atoms. The summed E-state index contributed by atoms with van der Waals surface area (Å²) in [5, 5.41) is 3.71. The number of aliphatic imine (C=N–C) groups is 1. The minimum Gasteiger partial charge on any atom is -0.359 e. The lowest BCUT2D eigenvalue weighted by atomic mass is 10.3. The van der Waals surface area contributed by atoms with Crippen LogP contribution in [0.5, 0.6) is 0 Å². The van der Waals surface area contributed by atoms with Crippen LogP contribution in [0.15, 0.2) is 4.99 Å². The van der Waals surface area contributed by atoms with E-state index in [1.807, 2.05) is 20.1 Å². The number of rotatable bonds is 3. The quantitative estimate of drug-likeness (QED) is 0.371. The van der Waals surface area contributed by atoms with Gasteiger partial charge in [0.25, 0.3) is 0 Å². The van der Waals surface area contributed by atoms with Gasteiger partial charge in [0.2, 0.25) is 0 Å². The summed E-state index contributed by atoms with van der Waals surface area (Å²) in [5.41, 5.74) is 0. The fourth-order valence-corrected chi connectivity index (χ4v) is 1.29. The fraction of sp³-hybridized carbons (Fsp3) is 0.833. The molecule has 0 aliphatic rings. The number of hydrogen-bond donors (Lipinski definition) is 1. The minimum atomic E-state index is 0.176. The maximum atomic E-state index is 5.23. The molecule has 0 aromatic carbocycles. The van der Waals surface area contributed by atoms with E-state index in [-0.39, 0.29) is 6.04 Å². The Balaban J connectivity index is 3.92. The Morgan fingerprint density at radius 3 is 2.70 bits per heavy atom. The van der Waals surface area contributed by atoms with Gasteiger partial charge in [0, 0.05) is 12.6 Å². The normalized spacial score (nSPS) is 15.3. The second kappa shape index (κ2) is 5.80. The third-order valence-electron chi connectivity index (χ3n) is 1.14. The van der Waals surface area contributed by atoms with Crippen LogP contribution in [0, 0.1) is 0 Å². The maximum absolute atomic E-state index is 5.23. The summed E-state index contributed by atoms with van der Waals surface area (Å²) in [4.78, 5) is 4.25. The molecule has 0 saturated heterocycles. The van der Waals surface area contributed by atoms with Gasteiger partial charge in [0.05, 0.1) is 5.04 Å². The zero-order valence-electron chi connectivity index (χ0n) is 6.72. The highest BCUT2D eigenvalue weighted by atomic mass is 32.2. The molecule has 4 heteroatoms. The fourth-order valence-electron chi connectivity index (χ4n) is 0.605. The molecular weight excluding hydrogens is 143 g/mol. The maximum Gasteiger partial charge on any atom is 0.178 e. The van der Waals surface area contributed by atoms with Gasteiger partial charge in [0.15, 0.2) is 7.98 Å². The van der Waals surface area contributed by atoms with Gasteiger partial charge in [-0.3, -0.25) is 4.99 Å². The van der Waals surface area contributed by atoms with Crippen LogP contribution >= 0.6 is 11.8 Å². The lowest BCUT2D eigenvalue weighted by Crippen LogP contribution is -2.30. The zero-order valence-corrected chi connectivity index (χ0v) is 7.53. The van der Waals surface area contributed by atoms with Crippen molar-refractivity contribution in [3.8, 4) is 0 Å². The Kier molecular flexibility index (Phi) is 5.83. The van der Waals surface area contributed by atoms with Crippen LogP contribution < -0.4 is 5.23 Å². The first-order valence-corrected chi connectivity index (χ1v) is 4.53. The molecule has 1 atom stereocenters. The van der Waals surface area contributed by atoms with Gasteiger partial charge in [-0.15, -0.1) is 11.8 Å². The monoisotopic (exact) mass is 156 g/mol. The molecule has 0 aliphatic carbocycles. The third kappa shape index (κ3) is 3.27. The lowest BCUT2D eigenvalue weighted by Gasteiger charge is -2.10. The van der Waals surface area contributed by atoms with Crippen LogP contribution in [0.1, 0.15) is 13.8 Å². The average Bonchev–Trinajstić information content (AvgIpc) is 1.99. The molecule has 1 N–H and O–H groups in total. The average molecular weight is 156 g/mol. The standard InChI is InChI=1S/C6H13BN2S/c1-4-8-6(10-3)5(2)9-7/h5,9H,4H2,1-3H3. The van der Waals surface area contributed by atoms with E-state index in [2.05, 4.69) is 10.2 Å². The van der Waals surface area contributed by atoms with Gasteiger partial charge in [-0.1, -0.05) is 0 Å². The summed E-state index contributed by atoms with van der Waals surface area (Å²) in [6.07, 6.45) is 2.00. The molecule has 0 spiro atoms. The number of nitrogens with one attached hydrogen (secondary N) is 1. The highest BCUT2D eigenvalue weighted by molar-refractivity contribution is 8.13. The SMILES string of the molecule is [B]NC(C)C(=NCC)SC. The summed E-state index contributed by atoms with van der Waals surface area (Å²) >= 11 is 1.63. The van der Waals surface area contributed by atoms with Gasteiger partial charge in [0.1, 0.15) is 0 Å². The molecule has 56 valence electrons. The van der Waals surface area contributed by atoms with Crippen LogP contribution in [-0.4, -0.2) is 31.9 Å². The molecule has 0 amide bonds. The van der Waals surface area contributed by atoms with E-state index in [0.717, 1.165) is 11.6 Å². The molecule has 0 fully saturated rings. The van der Waals surface area contributed by atoms with Crippen LogP contribution in [0.4, 0.5) is 0 Å². The molecule has 0 aromatic heterocycles. The van der Waals surface area contributed by atoms with Crippen molar-refractivity contribution in [1.29, 1.82) is 0 Å². The van der Waals surface area contributed by atoms with Crippen molar-refractivity contribution in [2.75, 3.05) is 12.8 Å². The third-order valence-corrected chi connectivity index (χ3v) is 2.04. The van der Waals surface area contributed by atoms with E-state index < -0.39 is 0 Å². The first kappa shape index (κ1) is 10.0. The van der Waals surface area contributed by atoms with Crippen molar-refractivity contribution >= 4 is 24.8 Å². The van der Waals surface area contributed by atoms with Crippen molar-refractivity contribution in [3.63, 3.8) is 0 Å². The molecular formula is C6H13BN2S. The molecule has 0 aromatic rings. The van der Waals surface area contributed by atoms with Crippen molar-refractivity contribution in [1.82, 2.24) is 5.23 Å². The molecule has 0 rings (SSSR count). The van der Waals surface area contributed by atoms with E-state index in [1.165, 1.54) is 0 Å². The molecule has 0 aliphatic heterocycles. The van der Waals surface area contributed by atoms with Gasteiger partial charge in [-0.05, 0) is 20.1 Å². The Morgan fingerprint density at radius 1 is 1.80 bits per heavy atom. The first-order chi connectivity index (χ1) is 4.76. The molecule has 10 heavy (non-hydrogen) atoms. The number of nitrogens with zero attached hydrogens (tertiary/aromatic N) is 1. The van der Waals surface area contributed by atoms with Gasteiger partial charge in [-0.25, -0.2) is 0 Å². The van der Waals surface area contributed by atoms with Crippen molar-refractivity contribution in [3.05, 3.63) is 0 Å². The van der Waals surface area contributed by atoms with E-state index in [9.17, 15) is 0 Å². The van der Waals surface area contributed by atoms with Crippen LogP contribution in [-0.2, 0) is 0 Å². The number of hydrogen-bond acceptors (Lipinski definition) is 3. The van der Waals surface area contributed by atoms with Crippen molar-refractivity contribution in [2.45, 2.75) is 19.9 Å². The highest BCUT2D eigenvalue weighted by Crippen LogP contribution is 2.02. The molecule has 1 unspecified atom stereocenters. The lowest BCUT2D eigenvalue weighted by molar-refractivity contribution is 0.886. The topological polar surface area (TPSA) is 24.4 Å². The van der Waals surface area contributed by atoms with E-state index in [0.29, 0.717) is 0 Å². The Bertz CT molecular complexity index is 116. The second-order valence-electron chi connectivity index (χ2n) is 1.91. The Hall–Kier alpha value is 0.0449. The van der Waals surface area contributed by atoms with Crippen LogP contribution in [0.25, 0.3) is 0 Å². The van der Waals surface area contributed by atoms with E-state index in [4.69, 9.17) is 7.98 Å². The van der Waals surface area contributed by atoms with E-state index >= 15 is 0 Å². The van der Waals surface area contributed by atoms with Gasteiger partial charge < -0.3 is 5.23 Å². The summed E-state index contributed by atoms with van der Waals surface area (Å²) in [7, 11) is 5.23.